The number of hydrogen-bond acceptors (Lipinski definition) is 3. The van der Waals surface area contributed by atoms with Gasteiger partial charge in [-0.3, -0.25) is 0 Å². The summed E-state index contributed by atoms with van der Waals surface area (Å²) < 4.78 is 2.26. The highest BCUT2D eigenvalue weighted by Crippen LogP contribution is 2.30. The summed E-state index contributed by atoms with van der Waals surface area (Å²) in [6.45, 7) is 3.58. The lowest BCUT2D eigenvalue weighted by Gasteiger charge is -2.35. The molecule has 1 aliphatic carbocycles. The molecule has 1 aliphatic rings. The van der Waals surface area contributed by atoms with Crippen LogP contribution in [0.4, 0.5) is 5.95 Å². The monoisotopic (exact) mass is 258 g/mol. The lowest BCUT2D eigenvalue weighted by Crippen LogP contribution is -2.39. The number of aryl methyl sites for hydroxylation is 1. The van der Waals surface area contributed by atoms with Crippen molar-refractivity contribution >= 4 is 17.0 Å². The first-order valence-electron chi connectivity index (χ1n) is 7.10. The topological polar surface area (TPSA) is 47.1 Å². The van der Waals surface area contributed by atoms with Crippen molar-refractivity contribution in [3.05, 3.63) is 23.8 Å². The summed E-state index contributed by atoms with van der Waals surface area (Å²) in [7, 11) is 2.16. The summed E-state index contributed by atoms with van der Waals surface area (Å²) >= 11 is 0. The van der Waals surface area contributed by atoms with E-state index in [0.29, 0.717) is 12.6 Å². The predicted octanol–water partition coefficient (Wildman–Crippen LogP) is 2.29. The maximum atomic E-state index is 5.77. The van der Waals surface area contributed by atoms with Crippen LogP contribution < -0.4 is 10.6 Å². The predicted molar refractivity (Wildman–Crippen MR) is 79.6 cm³/mol. The zero-order valence-electron chi connectivity index (χ0n) is 11.8. The molecule has 0 spiro atoms. The second-order valence-electron chi connectivity index (χ2n) is 5.54. The molecule has 0 bridgehead atoms. The number of anilines is 1. The van der Waals surface area contributed by atoms with Crippen LogP contribution in [0.25, 0.3) is 11.0 Å². The smallest absolute Gasteiger partial charge is 0.206 e. The van der Waals surface area contributed by atoms with Crippen molar-refractivity contribution in [1.82, 2.24) is 9.55 Å². The lowest BCUT2D eigenvalue weighted by atomic mass is 9.92. The molecule has 0 saturated heterocycles. The normalized spacial score (nSPS) is 15.7. The van der Waals surface area contributed by atoms with Gasteiger partial charge in [-0.05, 0) is 43.9 Å². The van der Waals surface area contributed by atoms with Gasteiger partial charge in [0, 0.05) is 26.2 Å². The molecule has 4 heteroatoms. The van der Waals surface area contributed by atoms with Crippen molar-refractivity contribution in [3.8, 4) is 0 Å². The number of fused-ring (bicyclic) bond motifs is 1. The molecule has 2 aromatic rings. The Bertz CT molecular complexity index is 583. The third kappa shape index (κ3) is 2.10. The molecule has 1 fully saturated rings. The largest absolute Gasteiger partial charge is 0.342 e. The van der Waals surface area contributed by atoms with Crippen LogP contribution >= 0.6 is 0 Å². The van der Waals surface area contributed by atoms with Gasteiger partial charge in [0.1, 0.15) is 0 Å². The number of imidazole rings is 1. The van der Waals surface area contributed by atoms with Gasteiger partial charge in [-0.1, -0.05) is 6.07 Å². The van der Waals surface area contributed by atoms with Crippen LogP contribution in [0.5, 0.6) is 0 Å². The first-order valence-corrected chi connectivity index (χ1v) is 7.10. The highest BCUT2D eigenvalue weighted by molar-refractivity contribution is 5.79. The van der Waals surface area contributed by atoms with E-state index in [1.165, 1.54) is 30.3 Å². The quantitative estimate of drug-likeness (QED) is 0.915. The average molecular weight is 258 g/mol. The minimum Gasteiger partial charge on any atom is -0.342 e. The molecule has 4 nitrogen and oxygen atoms in total. The maximum absolute atomic E-state index is 5.77. The summed E-state index contributed by atoms with van der Waals surface area (Å²) in [6, 6.07) is 7.10. The Kier molecular flexibility index (Phi) is 3.19. The fourth-order valence-electron chi connectivity index (χ4n) is 2.78. The average Bonchev–Trinajstić information content (AvgIpc) is 2.65. The third-order valence-electron chi connectivity index (χ3n) is 4.17. The highest BCUT2D eigenvalue weighted by Gasteiger charge is 2.25. The Labute approximate surface area is 114 Å². The number of hydrogen-bond donors (Lipinski definition) is 1. The maximum Gasteiger partial charge on any atom is 0.206 e. The van der Waals surface area contributed by atoms with Crippen molar-refractivity contribution in [2.45, 2.75) is 38.8 Å². The van der Waals surface area contributed by atoms with Gasteiger partial charge in [0.05, 0.1) is 11.0 Å². The van der Waals surface area contributed by atoms with Crippen LogP contribution in [0, 0.1) is 6.92 Å². The Morgan fingerprint density at radius 1 is 1.42 bits per heavy atom. The zero-order valence-corrected chi connectivity index (χ0v) is 11.8. The van der Waals surface area contributed by atoms with Crippen LogP contribution in [-0.2, 0) is 6.54 Å². The Morgan fingerprint density at radius 2 is 2.21 bits per heavy atom. The van der Waals surface area contributed by atoms with Crippen LogP contribution in [0.3, 0.4) is 0 Å². The van der Waals surface area contributed by atoms with E-state index in [9.17, 15) is 0 Å². The van der Waals surface area contributed by atoms with Gasteiger partial charge in [-0.25, -0.2) is 4.98 Å². The van der Waals surface area contributed by atoms with E-state index in [1.54, 1.807) is 0 Å². The lowest BCUT2D eigenvalue weighted by molar-refractivity contribution is 0.394. The van der Waals surface area contributed by atoms with E-state index in [4.69, 9.17) is 10.7 Å². The molecule has 0 unspecified atom stereocenters. The molecule has 1 heterocycles. The summed E-state index contributed by atoms with van der Waals surface area (Å²) in [4.78, 5) is 7.16. The minimum atomic E-state index is 0.644. The molecule has 0 radical (unpaired) electrons. The first kappa shape index (κ1) is 12.5. The summed E-state index contributed by atoms with van der Waals surface area (Å²) in [5.41, 5.74) is 9.29. The fourth-order valence-corrected chi connectivity index (χ4v) is 2.78. The molecule has 1 saturated carbocycles. The van der Waals surface area contributed by atoms with Crippen molar-refractivity contribution in [2.24, 2.45) is 5.73 Å². The molecule has 102 valence electrons. The van der Waals surface area contributed by atoms with Crippen LogP contribution in [0.15, 0.2) is 18.2 Å². The van der Waals surface area contributed by atoms with E-state index in [1.807, 2.05) is 0 Å². The van der Waals surface area contributed by atoms with Crippen LogP contribution in [-0.4, -0.2) is 29.2 Å². The summed E-state index contributed by atoms with van der Waals surface area (Å²) in [5, 5.41) is 0. The van der Waals surface area contributed by atoms with Gasteiger partial charge in [0.25, 0.3) is 0 Å². The molecule has 3 rings (SSSR count). The number of aromatic nitrogens is 2. The van der Waals surface area contributed by atoms with Gasteiger partial charge in [-0.2, -0.15) is 0 Å². The molecule has 1 aromatic heterocycles. The SMILES string of the molecule is Cc1ccc2c(c1)nc(N(C)C1CCC1)n2CCN. The number of benzene rings is 1. The zero-order chi connectivity index (χ0) is 13.4. The number of rotatable bonds is 4. The van der Waals surface area contributed by atoms with E-state index in [0.717, 1.165) is 18.0 Å². The first-order chi connectivity index (χ1) is 9.20. The van der Waals surface area contributed by atoms with Gasteiger partial charge in [0.15, 0.2) is 0 Å². The summed E-state index contributed by atoms with van der Waals surface area (Å²) in [6.07, 6.45) is 3.90. The highest BCUT2D eigenvalue weighted by atomic mass is 15.3. The van der Waals surface area contributed by atoms with Crippen LogP contribution in [0.2, 0.25) is 0 Å². The molecular weight excluding hydrogens is 236 g/mol. The van der Waals surface area contributed by atoms with Crippen molar-refractivity contribution < 1.29 is 0 Å². The molecule has 0 aliphatic heterocycles. The van der Waals surface area contributed by atoms with Crippen molar-refractivity contribution in [2.75, 3.05) is 18.5 Å². The Morgan fingerprint density at radius 3 is 2.84 bits per heavy atom. The molecule has 2 N–H and O–H groups in total. The Balaban J connectivity index is 2.08. The molecule has 0 amide bonds. The Hall–Kier alpha value is -1.55. The second-order valence-corrected chi connectivity index (χ2v) is 5.54. The minimum absolute atomic E-state index is 0.644. The van der Waals surface area contributed by atoms with Crippen LogP contribution in [0.1, 0.15) is 24.8 Å². The van der Waals surface area contributed by atoms with E-state index < -0.39 is 0 Å². The molecular formula is C15H22N4. The molecule has 19 heavy (non-hydrogen) atoms. The second kappa shape index (κ2) is 4.85. The van der Waals surface area contributed by atoms with Gasteiger partial charge >= 0.3 is 0 Å². The van der Waals surface area contributed by atoms with Crippen molar-refractivity contribution in [1.29, 1.82) is 0 Å². The van der Waals surface area contributed by atoms with E-state index in [-0.39, 0.29) is 0 Å². The number of nitrogens with two attached hydrogens (primary N) is 1. The molecule has 1 aromatic carbocycles. The summed E-state index contributed by atoms with van der Waals surface area (Å²) in [5.74, 6) is 1.07. The number of nitrogens with zero attached hydrogens (tertiary/aromatic N) is 3. The fraction of sp³-hybridized carbons (Fsp3) is 0.533. The van der Waals surface area contributed by atoms with Gasteiger partial charge in [0.2, 0.25) is 5.95 Å². The third-order valence-corrected chi connectivity index (χ3v) is 4.17. The molecule has 0 atom stereocenters. The standard InChI is InChI=1S/C15H22N4/c1-11-6-7-14-13(10-11)17-15(19(14)9-8-16)18(2)12-4-3-5-12/h6-7,10,12H,3-5,8-9,16H2,1-2H3. The van der Waals surface area contributed by atoms with E-state index in [2.05, 4.69) is 41.6 Å². The van der Waals surface area contributed by atoms with Crippen molar-refractivity contribution in [3.63, 3.8) is 0 Å². The van der Waals surface area contributed by atoms with Gasteiger partial charge in [-0.15, -0.1) is 0 Å². The van der Waals surface area contributed by atoms with E-state index >= 15 is 0 Å². The van der Waals surface area contributed by atoms with Gasteiger partial charge < -0.3 is 15.2 Å².